The van der Waals surface area contributed by atoms with Gasteiger partial charge in [-0.3, -0.25) is 0 Å². The Morgan fingerprint density at radius 1 is 1.18 bits per heavy atom. The third-order valence-corrected chi connectivity index (χ3v) is 3.61. The van der Waals surface area contributed by atoms with Crippen molar-refractivity contribution in [3.8, 4) is 11.5 Å². The first-order valence-electron chi connectivity index (χ1n) is 5.98. The van der Waals surface area contributed by atoms with E-state index < -0.39 is 0 Å². The van der Waals surface area contributed by atoms with E-state index in [9.17, 15) is 0 Å². The molecule has 17 heavy (non-hydrogen) atoms. The van der Waals surface area contributed by atoms with Gasteiger partial charge in [-0.05, 0) is 30.5 Å². The summed E-state index contributed by atoms with van der Waals surface area (Å²) >= 11 is 0. The Kier molecular flexibility index (Phi) is 4.40. The van der Waals surface area contributed by atoms with E-state index in [1.165, 1.54) is 0 Å². The summed E-state index contributed by atoms with van der Waals surface area (Å²) in [5.74, 6) is 1.94. The van der Waals surface area contributed by atoms with Gasteiger partial charge >= 0.3 is 0 Å². The fourth-order valence-corrected chi connectivity index (χ4v) is 1.83. The van der Waals surface area contributed by atoms with Crippen LogP contribution in [-0.2, 0) is 5.54 Å². The summed E-state index contributed by atoms with van der Waals surface area (Å²) in [7, 11) is 3.30. The molecule has 0 aliphatic heterocycles. The Bertz CT molecular complexity index is 352. The highest BCUT2D eigenvalue weighted by Crippen LogP contribution is 2.33. The standard InChI is InChI=1S/C14H23NO2/c1-6-10(2)14(3,15)11-7-12(16-4)9-13(8-11)17-5/h7-10H,6,15H2,1-5H3. The molecule has 0 fully saturated rings. The molecule has 0 aliphatic carbocycles. The van der Waals surface area contributed by atoms with Gasteiger partial charge in [0.05, 0.1) is 14.2 Å². The van der Waals surface area contributed by atoms with Gasteiger partial charge in [0.25, 0.3) is 0 Å². The summed E-state index contributed by atoms with van der Waals surface area (Å²) in [6, 6.07) is 5.82. The van der Waals surface area contributed by atoms with Gasteiger partial charge in [0.1, 0.15) is 11.5 Å². The zero-order valence-electron chi connectivity index (χ0n) is 11.4. The predicted molar refractivity (Wildman–Crippen MR) is 70.5 cm³/mol. The average Bonchev–Trinajstić information content (AvgIpc) is 2.36. The Hall–Kier alpha value is -1.22. The second-order valence-corrected chi connectivity index (χ2v) is 4.69. The van der Waals surface area contributed by atoms with E-state index in [0.29, 0.717) is 5.92 Å². The number of nitrogens with two attached hydrogens (primary N) is 1. The monoisotopic (exact) mass is 237 g/mol. The number of rotatable bonds is 5. The zero-order chi connectivity index (χ0) is 13.1. The van der Waals surface area contributed by atoms with Gasteiger partial charge in [0.2, 0.25) is 0 Å². The molecule has 0 radical (unpaired) electrons. The fraction of sp³-hybridized carbons (Fsp3) is 0.571. The summed E-state index contributed by atoms with van der Waals surface area (Å²) in [4.78, 5) is 0. The van der Waals surface area contributed by atoms with Gasteiger partial charge < -0.3 is 15.2 Å². The van der Waals surface area contributed by atoms with Crippen molar-refractivity contribution in [2.75, 3.05) is 14.2 Å². The molecular weight excluding hydrogens is 214 g/mol. The molecule has 0 aliphatic rings. The smallest absolute Gasteiger partial charge is 0.122 e. The molecule has 2 atom stereocenters. The van der Waals surface area contributed by atoms with E-state index >= 15 is 0 Å². The molecule has 0 spiro atoms. The second kappa shape index (κ2) is 5.41. The lowest BCUT2D eigenvalue weighted by atomic mass is 9.80. The molecule has 2 N–H and O–H groups in total. The average molecular weight is 237 g/mol. The molecule has 1 aromatic rings. The fourth-order valence-electron chi connectivity index (χ4n) is 1.83. The van der Waals surface area contributed by atoms with Crippen molar-refractivity contribution in [2.45, 2.75) is 32.7 Å². The predicted octanol–water partition coefficient (Wildman–Crippen LogP) is 2.92. The lowest BCUT2D eigenvalue weighted by Gasteiger charge is -2.32. The minimum atomic E-state index is -0.378. The van der Waals surface area contributed by atoms with Crippen molar-refractivity contribution in [2.24, 2.45) is 11.7 Å². The first-order valence-corrected chi connectivity index (χ1v) is 5.98. The number of hydrogen-bond donors (Lipinski definition) is 1. The number of methoxy groups -OCH3 is 2. The summed E-state index contributed by atoms with van der Waals surface area (Å²) in [6.07, 6.45) is 1.03. The topological polar surface area (TPSA) is 44.5 Å². The molecule has 1 rings (SSSR count). The third kappa shape index (κ3) is 2.91. The maximum absolute atomic E-state index is 6.43. The Morgan fingerprint density at radius 2 is 1.65 bits per heavy atom. The molecule has 3 heteroatoms. The Labute approximate surface area is 104 Å². The number of ether oxygens (including phenoxy) is 2. The quantitative estimate of drug-likeness (QED) is 0.856. The first-order chi connectivity index (χ1) is 7.95. The maximum Gasteiger partial charge on any atom is 0.122 e. The van der Waals surface area contributed by atoms with Gasteiger partial charge in [-0.2, -0.15) is 0 Å². The molecule has 0 saturated carbocycles. The van der Waals surface area contributed by atoms with Crippen LogP contribution in [0.4, 0.5) is 0 Å². The van der Waals surface area contributed by atoms with Gasteiger partial charge in [-0.15, -0.1) is 0 Å². The van der Waals surface area contributed by atoms with Crippen LogP contribution in [0.25, 0.3) is 0 Å². The van der Waals surface area contributed by atoms with E-state index in [1.54, 1.807) is 14.2 Å². The summed E-state index contributed by atoms with van der Waals surface area (Å²) in [5, 5.41) is 0. The van der Waals surface area contributed by atoms with Crippen molar-refractivity contribution < 1.29 is 9.47 Å². The first kappa shape index (κ1) is 13.8. The molecule has 2 unspecified atom stereocenters. The van der Waals surface area contributed by atoms with E-state index in [2.05, 4.69) is 20.8 Å². The lowest BCUT2D eigenvalue weighted by molar-refractivity contribution is 0.311. The van der Waals surface area contributed by atoms with Crippen LogP contribution in [0.1, 0.15) is 32.8 Å². The summed E-state index contributed by atoms with van der Waals surface area (Å²) < 4.78 is 10.5. The summed E-state index contributed by atoms with van der Waals surface area (Å²) in [6.45, 7) is 6.36. The van der Waals surface area contributed by atoms with Crippen molar-refractivity contribution in [1.82, 2.24) is 0 Å². The van der Waals surface area contributed by atoms with Crippen LogP contribution in [0.2, 0.25) is 0 Å². The summed E-state index contributed by atoms with van der Waals surface area (Å²) in [5.41, 5.74) is 7.09. The van der Waals surface area contributed by atoms with E-state index in [0.717, 1.165) is 23.5 Å². The number of benzene rings is 1. The zero-order valence-corrected chi connectivity index (χ0v) is 11.4. The van der Waals surface area contributed by atoms with E-state index in [1.807, 2.05) is 18.2 Å². The van der Waals surface area contributed by atoms with Crippen LogP contribution in [0.3, 0.4) is 0 Å². The van der Waals surface area contributed by atoms with Crippen LogP contribution in [0.15, 0.2) is 18.2 Å². The van der Waals surface area contributed by atoms with Gasteiger partial charge in [0.15, 0.2) is 0 Å². The van der Waals surface area contributed by atoms with E-state index in [4.69, 9.17) is 15.2 Å². The van der Waals surface area contributed by atoms with Crippen molar-refractivity contribution in [1.29, 1.82) is 0 Å². The molecule has 0 saturated heterocycles. The Morgan fingerprint density at radius 3 is 2.00 bits per heavy atom. The molecule has 0 aromatic heterocycles. The van der Waals surface area contributed by atoms with Crippen molar-refractivity contribution in [3.05, 3.63) is 23.8 Å². The van der Waals surface area contributed by atoms with Gasteiger partial charge in [0, 0.05) is 11.6 Å². The van der Waals surface area contributed by atoms with Crippen LogP contribution in [0.5, 0.6) is 11.5 Å². The minimum absolute atomic E-state index is 0.378. The number of hydrogen-bond acceptors (Lipinski definition) is 3. The molecule has 96 valence electrons. The highest BCUT2D eigenvalue weighted by atomic mass is 16.5. The van der Waals surface area contributed by atoms with Crippen molar-refractivity contribution >= 4 is 0 Å². The molecule has 0 amide bonds. The lowest BCUT2D eigenvalue weighted by Crippen LogP contribution is -2.39. The molecule has 0 bridgehead atoms. The normalized spacial score (nSPS) is 16.1. The Balaban J connectivity index is 3.20. The largest absolute Gasteiger partial charge is 0.497 e. The van der Waals surface area contributed by atoms with Crippen LogP contribution in [-0.4, -0.2) is 14.2 Å². The highest BCUT2D eigenvalue weighted by molar-refractivity contribution is 5.41. The third-order valence-electron chi connectivity index (χ3n) is 3.61. The molecule has 0 heterocycles. The maximum atomic E-state index is 6.43. The minimum Gasteiger partial charge on any atom is -0.497 e. The van der Waals surface area contributed by atoms with Crippen LogP contribution in [0, 0.1) is 5.92 Å². The van der Waals surface area contributed by atoms with Crippen LogP contribution < -0.4 is 15.2 Å². The van der Waals surface area contributed by atoms with Crippen molar-refractivity contribution in [3.63, 3.8) is 0 Å². The van der Waals surface area contributed by atoms with Gasteiger partial charge in [-0.1, -0.05) is 20.3 Å². The SMILES string of the molecule is CCC(C)C(C)(N)c1cc(OC)cc(OC)c1. The second-order valence-electron chi connectivity index (χ2n) is 4.69. The molecular formula is C14H23NO2. The van der Waals surface area contributed by atoms with Crippen LogP contribution >= 0.6 is 0 Å². The highest BCUT2D eigenvalue weighted by Gasteiger charge is 2.28. The molecule has 1 aromatic carbocycles. The van der Waals surface area contributed by atoms with E-state index in [-0.39, 0.29) is 5.54 Å². The molecule has 3 nitrogen and oxygen atoms in total. The van der Waals surface area contributed by atoms with Gasteiger partial charge in [-0.25, -0.2) is 0 Å².